The molecule has 0 aromatic carbocycles. The van der Waals surface area contributed by atoms with E-state index in [1.54, 1.807) is 18.9 Å². The lowest BCUT2D eigenvalue weighted by Crippen LogP contribution is -2.38. The zero-order chi connectivity index (χ0) is 14.0. The Balaban J connectivity index is 1.87. The molecule has 2 heterocycles. The molecule has 1 aliphatic rings. The van der Waals surface area contributed by atoms with E-state index in [9.17, 15) is 9.59 Å². The second kappa shape index (κ2) is 5.38. The van der Waals surface area contributed by atoms with E-state index in [0.717, 1.165) is 0 Å². The Morgan fingerprint density at radius 1 is 1.53 bits per heavy atom. The molecule has 19 heavy (non-hydrogen) atoms. The molecule has 0 spiro atoms. The third kappa shape index (κ3) is 3.30. The van der Waals surface area contributed by atoms with Crippen LogP contribution in [0.15, 0.2) is 4.42 Å². The first-order valence-corrected chi connectivity index (χ1v) is 6.26. The van der Waals surface area contributed by atoms with Crippen LogP contribution in [0, 0.1) is 12.8 Å². The van der Waals surface area contributed by atoms with E-state index >= 15 is 0 Å². The van der Waals surface area contributed by atoms with E-state index in [1.165, 1.54) is 4.90 Å². The second-order valence-corrected chi connectivity index (χ2v) is 5.05. The number of hydrogen-bond acceptors (Lipinski definition) is 5. The van der Waals surface area contributed by atoms with Crippen molar-refractivity contribution in [3.8, 4) is 0 Å². The molecular weight excluding hydrogens is 248 g/mol. The molecule has 1 aliphatic heterocycles. The van der Waals surface area contributed by atoms with Gasteiger partial charge in [-0.2, -0.15) is 0 Å². The van der Waals surface area contributed by atoms with Gasteiger partial charge in [0, 0.05) is 26.9 Å². The van der Waals surface area contributed by atoms with Gasteiger partial charge in [-0.15, -0.1) is 10.2 Å². The van der Waals surface area contributed by atoms with Gasteiger partial charge in [-0.1, -0.05) is 6.92 Å². The predicted molar refractivity (Wildman–Crippen MR) is 65.9 cm³/mol. The fraction of sp³-hybridized carbons (Fsp3) is 0.667. The lowest BCUT2D eigenvalue weighted by molar-refractivity contribution is -0.138. The van der Waals surface area contributed by atoms with Gasteiger partial charge in [0.2, 0.25) is 23.6 Å². The lowest BCUT2D eigenvalue weighted by Gasteiger charge is -2.20. The largest absolute Gasteiger partial charge is 0.424 e. The number of amides is 2. The first-order chi connectivity index (χ1) is 8.95. The standard InChI is InChI=1S/C12H18N4O3/c1-8-4-11(17)16(5-8)7-12(18)15(3)6-10-14-13-9(2)19-10/h8H,4-7H2,1-3H3/t8-/m0/s1. The van der Waals surface area contributed by atoms with Gasteiger partial charge < -0.3 is 14.2 Å². The van der Waals surface area contributed by atoms with E-state index in [4.69, 9.17) is 4.42 Å². The number of carbonyl (C=O) groups is 2. The molecule has 0 radical (unpaired) electrons. The molecule has 0 aliphatic carbocycles. The van der Waals surface area contributed by atoms with E-state index in [-0.39, 0.29) is 24.9 Å². The highest BCUT2D eigenvalue weighted by Gasteiger charge is 2.28. The Morgan fingerprint density at radius 2 is 2.26 bits per heavy atom. The molecule has 2 amide bonds. The van der Waals surface area contributed by atoms with Crippen LogP contribution in [0.25, 0.3) is 0 Å². The minimum Gasteiger partial charge on any atom is -0.424 e. The van der Waals surface area contributed by atoms with Crippen molar-refractivity contribution < 1.29 is 14.0 Å². The SMILES string of the molecule is Cc1nnc(CN(C)C(=O)CN2C[C@@H](C)CC2=O)o1. The van der Waals surface area contributed by atoms with Gasteiger partial charge in [0.05, 0.1) is 13.1 Å². The summed E-state index contributed by atoms with van der Waals surface area (Å²) >= 11 is 0. The first-order valence-electron chi connectivity index (χ1n) is 6.26. The van der Waals surface area contributed by atoms with Crippen molar-refractivity contribution in [1.29, 1.82) is 0 Å². The number of aromatic nitrogens is 2. The highest BCUT2D eigenvalue weighted by Crippen LogP contribution is 2.16. The quantitative estimate of drug-likeness (QED) is 0.778. The molecule has 7 nitrogen and oxygen atoms in total. The van der Waals surface area contributed by atoms with Crippen LogP contribution in [0.3, 0.4) is 0 Å². The van der Waals surface area contributed by atoms with Crippen molar-refractivity contribution in [3.05, 3.63) is 11.8 Å². The zero-order valence-electron chi connectivity index (χ0n) is 11.4. The monoisotopic (exact) mass is 266 g/mol. The molecule has 1 aromatic rings. The van der Waals surface area contributed by atoms with Gasteiger partial charge >= 0.3 is 0 Å². The topological polar surface area (TPSA) is 79.5 Å². The number of rotatable bonds is 4. The predicted octanol–water partition coefficient (Wildman–Crippen LogP) is 0.205. The van der Waals surface area contributed by atoms with Gasteiger partial charge in [-0.3, -0.25) is 9.59 Å². The fourth-order valence-electron chi connectivity index (χ4n) is 2.10. The average Bonchev–Trinajstić information content (AvgIpc) is 2.85. The normalized spacial score (nSPS) is 19.0. The number of hydrogen-bond donors (Lipinski definition) is 0. The first kappa shape index (κ1) is 13.5. The van der Waals surface area contributed by atoms with Gasteiger partial charge in [0.15, 0.2) is 0 Å². The Morgan fingerprint density at radius 3 is 2.79 bits per heavy atom. The Kier molecular flexibility index (Phi) is 3.82. The number of nitrogens with zero attached hydrogens (tertiary/aromatic N) is 4. The number of likely N-dealkylation sites (tertiary alicyclic amines) is 1. The number of likely N-dealkylation sites (N-methyl/N-ethyl adjacent to an activating group) is 1. The maximum atomic E-state index is 12.0. The summed E-state index contributed by atoms with van der Waals surface area (Å²) in [6.45, 7) is 4.73. The molecule has 0 saturated carbocycles. The highest BCUT2D eigenvalue weighted by atomic mass is 16.4. The zero-order valence-corrected chi connectivity index (χ0v) is 11.4. The second-order valence-electron chi connectivity index (χ2n) is 5.05. The molecular formula is C12H18N4O3. The van der Waals surface area contributed by atoms with Gasteiger partial charge in [-0.25, -0.2) is 0 Å². The van der Waals surface area contributed by atoms with Crippen molar-refractivity contribution in [2.24, 2.45) is 5.92 Å². The molecule has 1 atom stereocenters. The molecule has 1 fully saturated rings. The summed E-state index contributed by atoms with van der Waals surface area (Å²) in [7, 11) is 1.66. The maximum absolute atomic E-state index is 12.0. The molecule has 2 rings (SSSR count). The summed E-state index contributed by atoms with van der Waals surface area (Å²) in [4.78, 5) is 26.7. The summed E-state index contributed by atoms with van der Waals surface area (Å²) < 4.78 is 5.22. The molecule has 104 valence electrons. The Labute approximate surface area is 111 Å². The van der Waals surface area contributed by atoms with Crippen molar-refractivity contribution in [2.75, 3.05) is 20.1 Å². The summed E-state index contributed by atoms with van der Waals surface area (Å²) in [5.41, 5.74) is 0. The fourth-order valence-corrected chi connectivity index (χ4v) is 2.10. The third-order valence-electron chi connectivity index (χ3n) is 3.10. The minimum atomic E-state index is -0.127. The van der Waals surface area contributed by atoms with Crippen LogP contribution in [-0.2, 0) is 16.1 Å². The summed E-state index contributed by atoms with van der Waals surface area (Å²) in [6, 6.07) is 0. The van der Waals surface area contributed by atoms with E-state index in [2.05, 4.69) is 10.2 Å². The molecule has 0 N–H and O–H groups in total. The van der Waals surface area contributed by atoms with Crippen molar-refractivity contribution in [1.82, 2.24) is 20.0 Å². The van der Waals surface area contributed by atoms with Gasteiger partial charge in [-0.05, 0) is 5.92 Å². The molecule has 0 unspecified atom stereocenters. The highest BCUT2D eigenvalue weighted by molar-refractivity contribution is 5.85. The Bertz CT molecular complexity index is 485. The van der Waals surface area contributed by atoms with Gasteiger partial charge in [0.1, 0.15) is 0 Å². The summed E-state index contributed by atoms with van der Waals surface area (Å²) in [5, 5.41) is 7.54. The van der Waals surface area contributed by atoms with Crippen molar-refractivity contribution in [3.63, 3.8) is 0 Å². The smallest absolute Gasteiger partial charge is 0.242 e. The molecule has 1 saturated heterocycles. The van der Waals surface area contributed by atoms with Crippen LogP contribution in [0.2, 0.25) is 0 Å². The van der Waals surface area contributed by atoms with Crippen molar-refractivity contribution in [2.45, 2.75) is 26.8 Å². The average molecular weight is 266 g/mol. The van der Waals surface area contributed by atoms with E-state index in [0.29, 0.717) is 30.7 Å². The van der Waals surface area contributed by atoms with Crippen LogP contribution in [0.1, 0.15) is 25.1 Å². The van der Waals surface area contributed by atoms with Crippen LogP contribution in [0.4, 0.5) is 0 Å². The van der Waals surface area contributed by atoms with Crippen LogP contribution in [-0.4, -0.2) is 51.9 Å². The van der Waals surface area contributed by atoms with Crippen molar-refractivity contribution >= 4 is 11.8 Å². The minimum absolute atomic E-state index is 0.0443. The number of aryl methyl sites for hydroxylation is 1. The van der Waals surface area contributed by atoms with E-state index in [1.807, 2.05) is 6.92 Å². The van der Waals surface area contributed by atoms with Gasteiger partial charge in [0.25, 0.3) is 0 Å². The lowest BCUT2D eigenvalue weighted by atomic mass is 10.2. The van der Waals surface area contributed by atoms with Crippen LogP contribution < -0.4 is 0 Å². The van der Waals surface area contributed by atoms with E-state index < -0.39 is 0 Å². The summed E-state index contributed by atoms with van der Waals surface area (Å²) in [5.74, 6) is 1.11. The molecule has 0 bridgehead atoms. The molecule has 7 heteroatoms. The third-order valence-corrected chi connectivity index (χ3v) is 3.10. The summed E-state index contributed by atoms with van der Waals surface area (Å²) in [6.07, 6.45) is 0.528. The number of carbonyl (C=O) groups excluding carboxylic acids is 2. The van der Waals surface area contributed by atoms with Crippen LogP contribution >= 0.6 is 0 Å². The Hall–Kier alpha value is -1.92. The van der Waals surface area contributed by atoms with Crippen LogP contribution in [0.5, 0.6) is 0 Å². The maximum Gasteiger partial charge on any atom is 0.242 e. The molecule has 1 aromatic heterocycles.